The van der Waals surface area contributed by atoms with Crippen molar-refractivity contribution in [3.05, 3.63) is 24.4 Å². The average molecular weight is 136 g/mol. The van der Waals surface area contributed by atoms with Crippen molar-refractivity contribution in [2.45, 2.75) is 18.5 Å². The van der Waals surface area contributed by atoms with E-state index in [2.05, 4.69) is 23.3 Å². The van der Waals surface area contributed by atoms with Crippen LogP contribution in [0.1, 0.15) is 6.42 Å². The van der Waals surface area contributed by atoms with Crippen LogP contribution in [0.5, 0.6) is 0 Å². The molecule has 0 spiro atoms. The zero-order valence-corrected chi connectivity index (χ0v) is 5.93. The molecule has 10 heavy (non-hydrogen) atoms. The molecule has 2 nitrogen and oxygen atoms in total. The molecule has 2 N–H and O–H groups in total. The minimum atomic E-state index is 0.547. The highest BCUT2D eigenvalue weighted by molar-refractivity contribution is 5.17. The molecule has 0 aliphatic carbocycles. The molecule has 0 radical (unpaired) electrons. The maximum Gasteiger partial charge on any atom is 0.0483 e. The van der Waals surface area contributed by atoms with Crippen molar-refractivity contribution in [2.24, 2.45) is 0 Å². The highest BCUT2D eigenvalue weighted by Crippen LogP contribution is 2.16. The highest BCUT2D eigenvalue weighted by atomic mass is 15.1. The monoisotopic (exact) mass is 136 g/mol. The van der Waals surface area contributed by atoms with Gasteiger partial charge in [-0.2, -0.15) is 0 Å². The predicted molar refractivity (Wildman–Crippen MR) is 41.6 cm³/mol. The maximum absolute atomic E-state index is 3.94. The quantitative estimate of drug-likeness (QED) is 0.471. The standard InChI is InChI=1S/C8H12N2/c1-6-4-8-7(10-5-6)2-3-9-8/h2-3,7-10H,1,4-5H2. The minimum Gasteiger partial charge on any atom is -0.386 e. The predicted octanol–water partition coefficient (Wildman–Crippen LogP) is 0.390. The molecule has 0 aromatic heterocycles. The summed E-state index contributed by atoms with van der Waals surface area (Å²) in [6.45, 7) is 4.92. The number of hydrogen-bond donors (Lipinski definition) is 2. The SMILES string of the molecule is C=C1CNC2C=CNC2C1. The van der Waals surface area contributed by atoms with Crippen LogP contribution in [0.4, 0.5) is 0 Å². The highest BCUT2D eigenvalue weighted by Gasteiger charge is 2.26. The zero-order chi connectivity index (χ0) is 6.97. The van der Waals surface area contributed by atoms with Crippen LogP contribution in [0.3, 0.4) is 0 Å². The van der Waals surface area contributed by atoms with Crippen LogP contribution in [0.25, 0.3) is 0 Å². The minimum absolute atomic E-state index is 0.547. The normalized spacial score (nSPS) is 37.4. The molecule has 1 fully saturated rings. The summed E-state index contributed by atoms with van der Waals surface area (Å²) in [6.07, 6.45) is 5.32. The van der Waals surface area contributed by atoms with Gasteiger partial charge in [-0.25, -0.2) is 0 Å². The van der Waals surface area contributed by atoms with Gasteiger partial charge in [0.2, 0.25) is 0 Å². The van der Waals surface area contributed by atoms with Gasteiger partial charge >= 0.3 is 0 Å². The lowest BCUT2D eigenvalue weighted by atomic mass is 9.98. The zero-order valence-electron chi connectivity index (χ0n) is 5.93. The summed E-state index contributed by atoms with van der Waals surface area (Å²) in [6, 6.07) is 1.12. The molecule has 2 heteroatoms. The van der Waals surface area contributed by atoms with Crippen molar-refractivity contribution in [1.82, 2.24) is 10.6 Å². The molecule has 2 aliphatic rings. The first kappa shape index (κ1) is 5.98. The summed E-state index contributed by atoms with van der Waals surface area (Å²) in [5.41, 5.74) is 1.30. The van der Waals surface area contributed by atoms with Gasteiger partial charge in [-0.15, -0.1) is 0 Å². The van der Waals surface area contributed by atoms with E-state index in [1.165, 1.54) is 5.57 Å². The average Bonchev–Trinajstić information content (AvgIpc) is 2.33. The Morgan fingerprint density at radius 1 is 1.60 bits per heavy atom. The van der Waals surface area contributed by atoms with Crippen molar-refractivity contribution in [2.75, 3.05) is 6.54 Å². The van der Waals surface area contributed by atoms with Gasteiger partial charge in [-0.05, 0) is 18.7 Å². The van der Waals surface area contributed by atoms with Crippen LogP contribution in [0.2, 0.25) is 0 Å². The molecular formula is C8H12N2. The van der Waals surface area contributed by atoms with Crippen LogP contribution >= 0.6 is 0 Å². The smallest absolute Gasteiger partial charge is 0.0483 e. The first-order valence-electron chi connectivity index (χ1n) is 3.69. The molecule has 2 rings (SSSR count). The summed E-state index contributed by atoms with van der Waals surface area (Å²) in [4.78, 5) is 0. The van der Waals surface area contributed by atoms with Crippen molar-refractivity contribution in [3.8, 4) is 0 Å². The Morgan fingerprint density at radius 3 is 3.40 bits per heavy atom. The Bertz CT molecular complexity index is 184. The molecule has 1 saturated heterocycles. The third-order valence-corrected chi connectivity index (χ3v) is 2.14. The van der Waals surface area contributed by atoms with Gasteiger partial charge in [0, 0.05) is 18.6 Å². The van der Waals surface area contributed by atoms with Gasteiger partial charge in [0.05, 0.1) is 0 Å². The second kappa shape index (κ2) is 2.13. The summed E-state index contributed by atoms with van der Waals surface area (Å²) in [5, 5.41) is 6.67. The fraction of sp³-hybridized carbons (Fsp3) is 0.500. The Kier molecular flexibility index (Phi) is 1.27. The Labute approximate surface area is 61.0 Å². The van der Waals surface area contributed by atoms with Crippen LogP contribution in [0, 0.1) is 0 Å². The molecular weight excluding hydrogens is 124 g/mol. The van der Waals surface area contributed by atoms with Crippen molar-refractivity contribution in [1.29, 1.82) is 0 Å². The Hall–Kier alpha value is -0.760. The van der Waals surface area contributed by atoms with E-state index in [0.717, 1.165) is 13.0 Å². The first-order valence-corrected chi connectivity index (χ1v) is 3.69. The number of rotatable bonds is 0. The molecule has 2 heterocycles. The van der Waals surface area contributed by atoms with Crippen molar-refractivity contribution >= 4 is 0 Å². The molecule has 0 aromatic carbocycles. The molecule has 0 bridgehead atoms. The van der Waals surface area contributed by atoms with Crippen molar-refractivity contribution < 1.29 is 0 Å². The lowest BCUT2D eigenvalue weighted by molar-refractivity contribution is 0.443. The third-order valence-electron chi connectivity index (χ3n) is 2.14. The number of hydrogen-bond acceptors (Lipinski definition) is 2. The molecule has 0 aromatic rings. The van der Waals surface area contributed by atoms with E-state index in [0.29, 0.717) is 12.1 Å². The van der Waals surface area contributed by atoms with Crippen LogP contribution in [-0.4, -0.2) is 18.6 Å². The van der Waals surface area contributed by atoms with Gasteiger partial charge in [-0.3, -0.25) is 0 Å². The van der Waals surface area contributed by atoms with Gasteiger partial charge in [-0.1, -0.05) is 12.2 Å². The van der Waals surface area contributed by atoms with Crippen LogP contribution in [-0.2, 0) is 0 Å². The fourth-order valence-electron chi connectivity index (χ4n) is 1.56. The number of nitrogens with one attached hydrogen (secondary N) is 2. The second-order valence-corrected chi connectivity index (χ2v) is 2.99. The number of fused-ring (bicyclic) bond motifs is 1. The summed E-state index contributed by atoms with van der Waals surface area (Å²) in [7, 11) is 0. The lowest BCUT2D eigenvalue weighted by Crippen LogP contribution is -2.46. The molecule has 54 valence electrons. The Morgan fingerprint density at radius 2 is 2.50 bits per heavy atom. The molecule has 2 atom stereocenters. The second-order valence-electron chi connectivity index (χ2n) is 2.99. The fourth-order valence-corrected chi connectivity index (χ4v) is 1.56. The topological polar surface area (TPSA) is 24.1 Å². The van der Waals surface area contributed by atoms with E-state index in [1.807, 2.05) is 6.20 Å². The molecule has 2 unspecified atom stereocenters. The molecule has 2 aliphatic heterocycles. The van der Waals surface area contributed by atoms with Crippen LogP contribution < -0.4 is 10.6 Å². The first-order chi connectivity index (χ1) is 4.86. The maximum atomic E-state index is 3.94. The Balaban J connectivity index is 2.07. The van der Waals surface area contributed by atoms with Crippen LogP contribution in [0.15, 0.2) is 24.4 Å². The van der Waals surface area contributed by atoms with E-state index in [9.17, 15) is 0 Å². The van der Waals surface area contributed by atoms with E-state index >= 15 is 0 Å². The van der Waals surface area contributed by atoms with Gasteiger partial charge in [0.15, 0.2) is 0 Å². The summed E-state index contributed by atoms with van der Waals surface area (Å²) < 4.78 is 0. The van der Waals surface area contributed by atoms with E-state index in [4.69, 9.17) is 0 Å². The van der Waals surface area contributed by atoms with E-state index in [-0.39, 0.29) is 0 Å². The molecule has 0 saturated carbocycles. The largest absolute Gasteiger partial charge is 0.386 e. The number of piperidine rings is 1. The third kappa shape index (κ3) is 0.847. The summed E-state index contributed by atoms with van der Waals surface area (Å²) >= 11 is 0. The summed E-state index contributed by atoms with van der Waals surface area (Å²) in [5.74, 6) is 0. The lowest BCUT2D eigenvalue weighted by Gasteiger charge is -2.27. The van der Waals surface area contributed by atoms with E-state index in [1.54, 1.807) is 0 Å². The van der Waals surface area contributed by atoms with Crippen molar-refractivity contribution in [3.63, 3.8) is 0 Å². The van der Waals surface area contributed by atoms with Gasteiger partial charge in [0.1, 0.15) is 0 Å². The van der Waals surface area contributed by atoms with Gasteiger partial charge < -0.3 is 10.6 Å². The van der Waals surface area contributed by atoms with E-state index < -0.39 is 0 Å². The molecule has 0 amide bonds. The van der Waals surface area contributed by atoms with Gasteiger partial charge in [0.25, 0.3) is 0 Å².